The molecule has 0 amide bonds. The van der Waals surface area contributed by atoms with E-state index in [1.165, 1.54) is 0 Å². The minimum Gasteiger partial charge on any atom is -0.388 e. The molecule has 90 valence electrons. The number of aromatic nitrogens is 2. The normalized spacial score (nSPS) is 22.5. The van der Waals surface area contributed by atoms with Crippen molar-refractivity contribution in [1.29, 1.82) is 0 Å². The minimum atomic E-state index is -0.391. The summed E-state index contributed by atoms with van der Waals surface area (Å²) in [5.41, 5.74) is 0.931. The molecule has 4 nitrogen and oxygen atoms in total. The first-order valence-electron chi connectivity index (χ1n) is 6.07. The Morgan fingerprint density at radius 1 is 1.69 bits per heavy atom. The van der Waals surface area contributed by atoms with Crippen LogP contribution < -0.4 is 0 Å². The monoisotopic (exact) mass is 224 g/mol. The van der Waals surface area contributed by atoms with Gasteiger partial charge in [-0.2, -0.15) is 5.10 Å². The average Bonchev–Trinajstić information content (AvgIpc) is 2.89. The minimum absolute atomic E-state index is 0.391. The molecule has 1 aromatic heterocycles. The summed E-state index contributed by atoms with van der Waals surface area (Å²) >= 11 is 0. The summed E-state index contributed by atoms with van der Waals surface area (Å²) in [5, 5.41) is 14.3. The van der Waals surface area contributed by atoms with E-state index in [1.54, 1.807) is 6.20 Å². The van der Waals surface area contributed by atoms with Gasteiger partial charge in [0.1, 0.15) is 0 Å². The topological polar surface area (TPSA) is 47.3 Å². The van der Waals surface area contributed by atoms with Crippen molar-refractivity contribution in [2.75, 3.05) is 13.2 Å². The Kier molecular flexibility index (Phi) is 3.96. The molecule has 0 aliphatic carbocycles. The van der Waals surface area contributed by atoms with Crippen molar-refractivity contribution >= 4 is 0 Å². The van der Waals surface area contributed by atoms with Gasteiger partial charge in [-0.15, -0.1) is 0 Å². The Morgan fingerprint density at radius 2 is 2.56 bits per heavy atom. The lowest BCUT2D eigenvalue weighted by Crippen LogP contribution is -2.06. The van der Waals surface area contributed by atoms with Crippen molar-refractivity contribution in [3.05, 3.63) is 18.0 Å². The van der Waals surface area contributed by atoms with Crippen molar-refractivity contribution in [2.24, 2.45) is 5.92 Å². The molecule has 2 unspecified atom stereocenters. The number of ether oxygens (including phenoxy) is 1. The highest BCUT2D eigenvalue weighted by atomic mass is 16.5. The molecule has 2 atom stereocenters. The lowest BCUT2D eigenvalue weighted by Gasteiger charge is -2.12. The first-order valence-corrected chi connectivity index (χ1v) is 6.07. The molecule has 1 fully saturated rings. The third-order valence-corrected chi connectivity index (χ3v) is 3.07. The number of rotatable bonds is 5. The van der Waals surface area contributed by atoms with E-state index in [0.717, 1.165) is 44.6 Å². The molecule has 1 aliphatic heterocycles. The van der Waals surface area contributed by atoms with Crippen LogP contribution in [0.5, 0.6) is 0 Å². The van der Waals surface area contributed by atoms with Gasteiger partial charge in [0.05, 0.1) is 12.3 Å². The predicted molar refractivity (Wildman–Crippen MR) is 61.0 cm³/mol. The molecule has 1 aromatic rings. The number of aryl methyl sites for hydroxylation is 1. The van der Waals surface area contributed by atoms with Gasteiger partial charge in [-0.1, -0.05) is 6.92 Å². The summed E-state index contributed by atoms with van der Waals surface area (Å²) in [6, 6.07) is 0. The van der Waals surface area contributed by atoms with Crippen molar-refractivity contribution in [2.45, 2.75) is 38.8 Å². The molecule has 4 heteroatoms. The third-order valence-electron chi connectivity index (χ3n) is 3.07. The zero-order valence-corrected chi connectivity index (χ0v) is 9.80. The molecule has 2 rings (SSSR count). The summed E-state index contributed by atoms with van der Waals surface area (Å²) in [7, 11) is 0. The van der Waals surface area contributed by atoms with Gasteiger partial charge < -0.3 is 9.84 Å². The second kappa shape index (κ2) is 5.46. The van der Waals surface area contributed by atoms with Gasteiger partial charge in [0.2, 0.25) is 0 Å². The van der Waals surface area contributed by atoms with E-state index >= 15 is 0 Å². The summed E-state index contributed by atoms with van der Waals surface area (Å²) in [5.74, 6) is 0.504. The maximum absolute atomic E-state index is 10.1. The van der Waals surface area contributed by atoms with Crippen LogP contribution >= 0.6 is 0 Å². The van der Waals surface area contributed by atoms with E-state index < -0.39 is 6.10 Å². The fourth-order valence-electron chi connectivity index (χ4n) is 2.12. The first kappa shape index (κ1) is 11.6. The highest BCUT2D eigenvalue weighted by Gasteiger charge is 2.21. The molecule has 16 heavy (non-hydrogen) atoms. The van der Waals surface area contributed by atoms with E-state index in [9.17, 15) is 5.11 Å². The zero-order valence-electron chi connectivity index (χ0n) is 9.80. The maximum atomic E-state index is 10.1. The van der Waals surface area contributed by atoms with Crippen LogP contribution in [0.4, 0.5) is 0 Å². The molecule has 2 heterocycles. The molecule has 1 aliphatic rings. The number of aliphatic hydroxyl groups is 1. The van der Waals surface area contributed by atoms with Crippen LogP contribution in [0.15, 0.2) is 12.4 Å². The summed E-state index contributed by atoms with van der Waals surface area (Å²) < 4.78 is 7.20. The van der Waals surface area contributed by atoms with Crippen LogP contribution in [0.3, 0.4) is 0 Å². The van der Waals surface area contributed by atoms with Gasteiger partial charge in [0.25, 0.3) is 0 Å². The van der Waals surface area contributed by atoms with Crippen LogP contribution in [0.1, 0.15) is 37.9 Å². The Bertz CT molecular complexity index is 319. The Morgan fingerprint density at radius 3 is 3.25 bits per heavy atom. The molecular weight excluding hydrogens is 204 g/mol. The standard InChI is InChI=1S/C12H20N2O2/c1-2-4-14-8-11(7-13-14)12(15)6-10-3-5-16-9-10/h7-8,10,12,15H,2-6,9H2,1H3. The van der Waals surface area contributed by atoms with Crippen LogP contribution in [-0.4, -0.2) is 28.1 Å². The van der Waals surface area contributed by atoms with Crippen molar-refractivity contribution in [1.82, 2.24) is 9.78 Å². The lowest BCUT2D eigenvalue weighted by molar-refractivity contribution is 0.129. The molecular formula is C12H20N2O2. The zero-order chi connectivity index (χ0) is 11.4. The summed E-state index contributed by atoms with van der Waals surface area (Å²) in [6.07, 6.45) is 6.25. The first-order chi connectivity index (χ1) is 7.79. The number of aliphatic hydroxyl groups excluding tert-OH is 1. The van der Waals surface area contributed by atoms with Gasteiger partial charge >= 0.3 is 0 Å². The molecule has 1 saturated heterocycles. The Hall–Kier alpha value is -0.870. The maximum Gasteiger partial charge on any atom is 0.0824 e. The van der Waals surface area contributed by atoms with Gasteiger partial charge in [0.15, 0.2) is 0 Å². The highest BCUT2D eigenvalue weighted by molar-refractivity contribution is 5.08. The number of hydrogen-bond acceptors (Lipinski definition) is 3. The predicted octanol–water partition coefficient (Wildman–Crippen LogP) is 1.75. The van der Waals surface area contributed by atoms with E-state index in [1.807, 2.05) is 10.9 Å². The average molecular weight is 224 g/mol. The molecule has 0 bridgehead atoms. The Balaban J connectivity index is 1.89. The fourth-order valence-corrected chi connectivity index (χ4v) is 2.12. The van der Waals surface area contributed by atoms with Crippen LogP contribution in [0.25, 0.3) is 0 Å². The summed E-state index contributed by atoms with van der Waals surface area (Å²) in [4.78, 5) is 0. The van der Waals surface area contributed by atoms with E-state index in [4.69, 9.17) is 4.74 Å². The van der Waals surface area contributed by atoms with E-state index in [-0.39, 0.29) is 0 Å². The van der Waals surface area contributed by atoms with Gasteiger partial charge in [0, 0.05) is 31.5 Å². The van der Waals surface area contributed by atoms with Gasteiger partial charge in [-0.3, -0.25) is 4.68 Å². The smallest absolute Gasteiger partial charge is 0.0824 e. The summed E-state index contributed by atoms with van der Waals surface area (Å²) in [6.45, 7) is 4.67. The fraction of sp³-hybridized carbons (Fsp3) is 0.750. The van der Waals surface area contributed by atoms with E-state index in [0.29, 0.717) is 5.92 Å². The number of nitrogens with zero attached hydrogens (tertiary/aromatic N) is 2. The molecule has 1 N–H and O–H groups in total. The van der Waals surface area contributed by atoms with Gasteiger partial charge in [-0.25, -0.2) is 0 Å². The lowest BCUT2D eigenvalue weighted by atomic mass is 9.98. The second-order valence-corrected chi connectivity index (χ2v) is 4.52. The number of hydrogen-bond donors (Lipinski definition) is 1. The second-order valence-electron chi connectivity index (χ2n) is 4.52. The molecule has 0 radical (unpaired) electrons. The van der Waals surface area contributed by atoms with Crippen LogP contribution in [0, 0.1) is 5.92 Å². The SMILES string of the molecule is CCCn1cc(C(O)CC2CCOC2)cn1. The third kappa shape index (κ3) is 2.83. The van der Waals surface area contributed by atoms with E-state index in [2.05, 4.69) is 12.0 Å². The van der Waals surface area contributed by atoms with Gasteiger partial charge in [-0.05, 0) is 25.2 Å². The largest absolute Gasteiger partial charge is 0.388 e. The quantitative estimate of drug-likeness (QED) is 0.829. The molecule has 0 spiro atoms. The van der Waals surface area contributed by atoms with Crippen molar-refractivity contribution < 1.29 is 9.84 Å². The van der Waals surface area contributed by atoms with Crippen LogP contribution in [-0.2, 0) is 11.3 Å². The molecule has 0 saturated carbocycles. The van der Waals surface area contributed by atoms with Crippen molar-refractivity contribution in [3.8, 4) is 0 Å². The van der Waals surface area contributed by atoms with Crippen molar-refractivity contribution in [3.63, 3.8) is 0 Å². The molecule has 0 aromatic carbocycles. The van der Waals surface area contributed by atoms with Crippen LogP contribution in [0.2, 0.25) is 0 Å². The Labute approximate surface area is 96.2 Å². The highest BCUT2D eigenvalue weighted by Crippen LogP contribution is 2.25.